The molecule has 2 aliphatic carbocycles. The van der Waals surface area contributed by atoms with Crippen LogP contribution in [0.2, 0.25) is 0 Å². The molecule has 0 unspecified atom stereocenters. The second-order valence-corrected chi connectivity index (χ2v) is 28.1. The van der Waals surface area contributed by atoms with Crippen molar-refractivity contribution in [1.82, 2.24) is 9.97 Å². The molecule has 506 valence electrons. The highest BCUT2D eigenvalue weighted by atomic mass is 32.1. The monoisotopic (exact) mass is 1390 g/mol. The Morgan fingerprint density at radius 2 is 0.477 bits per heavy atom. The van der Waals surface area contributed by atoms with Gasteiger partial charge in [-0.3, -0.25) is 0 Å². The maximum absolute atomic E-state index is 6.58. The average molecular weight is 1390 g/mol. The zero-order chi connectivity index (χ0) is 71.7. The number of hydrogen-bond acceptors (Lipinski definition) is 7. The molecule has 2 heterocycles. The van der Waals surface area contributed by atoms with Crippen molar-refractivity contribution in [2.24, 2.45) is 0 Å². The summed E-state index contributed by atoms with van der Waals surface area (Å²) in [6.07, 6.45) is 7.35. The first-order valence-electron chi connectivity index (χ1n) is 35.8. The molecule has 2 aliphatic rings. The van der Waals surface area contributed by atoms with Crippen molar-refractivity contribution >= 4 is 79.3 Å². The summed E-state index contributed by atoms with van der Waals surface area (Å²) < 4.78 is 26.3. The van der Waals surface area contributed by atoms with Gasteiger partial charge in [0.05, 0.1) is 31.6 Å². The lowest BCUT2D eigenvalue weighted by atomic mass is 9.67. The van der Waals surface area contributed by atoms with Crippen molar-refractivity contribution in [2.75, 3.05) is 0 Å². The molecular formula is C100H66N2O4S. The van der Waals surface area contributed by atoms with Gasteiger partial charge in [0.15, 0.2) is 0 Å². The maximum atomic E-state index is 6.58. The van der Waals surface area contributed by atoms with Crippen LogP contribution in [0.3, 0.4) is 0 Å². The minimum absolute atomic E-state index is 0.723. The summed E-state index contributed by atoms with van der Waals surface area (Å²) in [5.74, 6) is 5.85. The fourth-order valence-corrected chi connectivity index (χ4v) is 17.7. The summed E-state index contributed by atoms with van der Waals surface area (Å²) in [6, 6.07) is 115. The summed E-state index contributed by atoms with van der Waals surface area (Å²) >= 11 is 1.77. The second kappa shape index (κ2) is 26.2. The predicted octanol–water partition coefficient (Wildman–Crippen LogP) is 27.0. The van der Waals surface area contributed by atoms with Crippen LogP contribution in [0, 0.1) is 0 Å². The van der Waals surface area contributed by atoms with E-state index in [-0.39, 0.29) is 0 Å². The van der Waals surface area contributed by atoms with E-state index in [1.165, 1.54) is 0 Å². The number of benzene rings is 15. The molecule has 19 rings (SSSR count). The SMILES string of the molecule is C=Cc1ccc(Oc2ccc(C3(c4ccc(Oc5ccc(C=C)cc5)cc4)c4ccccc4-c4c(-c5sc(-c6cccc7c6-c6ccccc6C7(c6ccc(Oc7ccc(C=C)cc7)cc6)c6ccc(Oc7ccc(C=C)cc7)cc6)c6nc7c8ccccc8c8ccccc8c7nc56)cccc43)cc2)cc1. The van der Waals surface area contributed by atoms with Gasteiger partial charge in [-0.1, -0.05) is 281 Å². The van der Waals surface area contributed by atoms with E-state index in [1.807, 2.05) is 121 Å². The van der Waals surface area contributed by atoms with E-state index in [0.717, 1.165) is 200 Å². The van der Waals surface area contributed by atoms with Gasteiger partial charge in [-0.25, -0.2) is 9.97 Å². The van der Waals surface area contributed by atoms with E-state index in [1.54, 1.807) is 11.3 Å². The van der Waals surface area contributed by atoms with Gasteiger partial charge in [-0.15, -0.1) is 11.3 Å². The average Bonchev–Trinajstić information content (AvgIpc) is 1.52. The molecule has 0 radical (unpaired) electrons. The highest BCUT2D eigenvalue weighted by Gasteiger charge is 2.49. The molecule has 0 fully saturated rings. The zero-order valence-electron chi connectivity index (χ0n) is 58.3. The van der Waals surface area contributed by atoms with Crippen LogP contribution >= 0.6 is 11.3 Å². The molecule has 107 heavy (non-hydrogen) atoms. The Morgan fingerprint density at radius 1 is 0.234 bits per heavy atom. The highest BCUT2D eigenvalue weighted by Crippen LogP contribution is 2.63. The maximum Gasteiger partial charge on any atom is 0.127 e. The molecule has 0 spiro atoms. The first-order chi connectivity index (χ1) is 52.8. The van der Waals surface area contributed by atoms with Crippen LogP contribution in [-0.4, -0.2) is 9.97 Å². The number of thiophene rings is 1. The number of ether oxygens (including phenoxy) is 4. The van der Waals surface area contributed by atoms with Gasteiger partial charge in [0.2, 0.25) is 0 Å². The fraction of sp³-hybridized carbons (Fsp3) is 0.0200. The van der Waals surface area contributed by atoms with Crippen molar-refractivity contribution < 1.29 is 18.9 Å². The largest absolute Gasteiger partial charge is 0.457 e. The van der Waals surface area contributed by atoms with Gasteiger partial charge in [-0.05, 0) is 197 Å². The Hall–Kier alpha value is -13.7. The molecule has 7 heteroatoms. The van der Waals surface area contributed by atoms with E-state index in [9.17, 15) is 0 Å². The van der Waals surface area contributed by atoms with Gasteiger partial charge >= 0.3 is 0 Å². The van der Waals surface area contributed by atoms with Crippen molar-refractivity contribution in [3.05, 3.63) is 421 Å². The summed E-state index contributed by atoms with van der Waals surface area (Å²) in [7, 11) is 0. The van der Waals surface area contributed by atoms with Crippen LogP contribution in [0.1, 0.15) is 66.8 Å². The lowest BCUT2D eigenvalue weighted by molar-refractivity contribution is 0.481. The summed E-state index contributed by atoms with van der Waals surface area (Å²) in [5.41, 5.74) is 21.3. The third-order valence-electron chi connectivity index (χ3n) is 21.4. The fourth-order valence-electron chi connectivity index (χ4n) is 16.5. The van der Waals surface area contributed by atoms with Crippen LogP contribution in [0.15, 0.2) is 354 Å². The standard InChI is InChI=1S/C100H66N2O4S/c1-5-63-31-47-71(48-32-63)103-75-55-39-67(40-56-75)99(68-41-57-76(58-42-68)104-72-49-33-64(6-2)34-50-72)87-27-15-13-23-83(87)91-85(25-17-29-89(91)99)97-95-96(102-94-82-22-12-10-20-80(82)79-19-9-11-21-81(79)93(94)101-95)98(107-97)86-26-18-30-90-92(86)84-24-14-16-28-88(84)100(90,69-43-59-77(60-44-69)105-73-51-35-65(7-3)36-52-73)70-45-61-78(62-46-70)106-74-53-37-66(8-4)38-54-74/h5-62H,1-4H2. The van der Waals surface area contributed by atoms with Gasteiger partial charge in [0.25, 0.3) is 0 Å². The first-order valence-corrected chi connectivity index (χ1v) is 36.7. The number of rotatable bonds is 18. The van der Waals surface area contributed by atoms with E-state index >= 15 is 0 Å². The molecule has 0 atom stereocenters. The number of hydrogen-bond donors (Lipinski definition) is 0. The van der Waals surface area contributed by atoms with E-state index in [4.69, 9.17) is 28.9 Å². The van der Waals surface area contributed by atoms with Gasteiger partial charge in [0, 0.05) is 21.9 Å². The van der Waals surface area contributed by atoms with Crippen molar-refractivity contribution in [1.29, 1.82) is 0 Å². The highest BCUT2D eigenvalue weighted by molar-refractivity contribution is 7.21. The van der Waals surface area contributed by atoms with Gasteiger partial charge < -0.3 is 18.9 Å². The molecule has 17 aromatic rings. The van der Waals surface area contributed by atoms with E-state index < -0.39 is 10.8 Å². The third kappa shape index (κ3) is 10.6. The second-order valence-electron chi connectivity index (χ2n) is 27.1. The summed E-state index contributed by atoms with van der Waals surface area (Å²) in [4.78, 5) is 14.1. The Labute approximate surface area is 624 Å². The number of nitrogens with zero attached hydrogens (tertiary/aromatic N) is 2. The summed E-state index contributed by atoms with van der Waals surface area (Å²) in [5, 5.41) is 4.34. The van der Waals surface area contributed by atoms with E-state index in [2.05, 4.69) is 257 Å². The Bertz CT molecular complexity index is 5810. The van der Waals surface area contributed by atoms with Crippen molar-refractivity contribution in [2.45, 2.75) is 10.8 Å². The van der Waals surface area contributed by atoms with E-state index in [0.29, 0.717) is 0 Å². The first kappa shape index (κ1) is 64.1. The van der Waals surface area contributed by atoms with Crippen molar-refractivity contribution in [3.63, 3.8) is 0 Å². The zero-order valence-corrected chi connectivity index (χ0v) is 59.1. The minimum atomic E-state index is -0.838. The third-order valence-corrected chi connectivity index (χ3v) is 22.6. The van der Waals surface area contributed by atoms with Crippen LogP contribution < -0.4 is 18.9 Å². The molecule has 0 saturated heterocycles. The topological polar surface area (TPSA) is 62.7 Å². The molecule has 15 aromatic carbocycles. The quantitative estimate of drug-likeness (QED) is 0.0798. The van der Waals surface area contributed by atoms with Gasteiger partial charge in [-0.2, -0.15) is 0 Å². The number of aromatic nitrogens is 2. The minimum Gasteiger partial charge on any atom is -0.457 e. The van der Waals surface area contributed by atoms with Gasteiger partial charge in [0.1, 0.15) is 57.0 Å². The normalized spacial score (nSPS) is 12.8. The molecule has 2 aromatic heterocycles. The van der Waals surface area contributed by atoms with Crippen molar-refractivity contribution in [3.8, 4) is 89.1 Å². The molecule has 0 aliphatic heterocycles. The van der Waals surface area contributed by atoms with Crippen LogP contribution in [0.25, 0.3) is 111 Å². The lowest BCUT2D eigenvalue weighted by Gasteiger charge is -2.34. The molecule has 0 saturated carbocycles. The molecular weight excluding hydrogens is 1330 g/mol. The van der Waals surface area contributed by atoms with Crippen LogP contribution in [0.4, 0.5) is 0 Å². The number of fused-ring (bicyclic) bond motifs is 13. The smallest absolute Gasteiger partial charge is 0.127 e. The Kier molecular flexibility index (Phi) is 15.7. The summed E-state index contributed by atoms with van der Waals surface area (Å²) in [6.45, 7) is 15.9. The molecule has 0 bridgehead atoms. The van der Waals surface area contributed by atoms with Crippen LogP contribution in [-0.2, 0) is 10.8 Å². The Balaban J connectivity index is 0.839. The molecule has 6 nitrogen and oxygen atoms in total. The van der Waals surface area contributed by atoms with Crippen LogP contribution in [0.5, 0.6) is 46.0 Å². The predicted molar refractivity (Wildman–Crippen MR) is 442 cm³/mol. The Morgan fingerprint density at radius 3 is 0.766 bits per heavy atom. The molecule has 0 N–H and O–H groups in total. The molecule has 0 amide bonds. The lowest BCUT2D eigenvalue weighted by Crippen LogP contribution is -2.28.